The van der Waals surface area contributed by atoms with Gasteiger partial charge in [-0.25, -0.2) is 9.37 Å². The molecule has 2 rings (SSSR count). The fourth-order valence-electron chi connectivity index (χ4n) is 1.42. The van der Waals surface area contributed by atoms with Crippen LogP contribution in [0, 0.1) is 5.82 Å². The second-order valence-electron chi connectivity index (χ2n) is 4.00. The van der Waals surface area contributed by atoms with Gasteiger partial charge in [-0.05, 0) is 18.6 Å². The summed E-state index contributed by atoms with van der Waals surface area (Å²) in [5.41, 5.74) is 6.27. The molecule has 0 fully saturated rings. The van der Waals surface area contributed by atoms with Crippen molar-refractivity contribution in [2.75, 3.05) is 13.2 Å². The van der Waals surface area contributed by atoms with Crippen LogP contribution in [0.5, 0.6) is 0 Å². The van der Waals surface area contributed by atoms with E-state index in [0.717, 1.165) is 12.6 Å². The third-order valence-corrected chi connectivity index (χ3v) is 2.37. The molecule has 2 aromatic heterocycles. The lowest BCUT2D eigenvalue weighted by atomic mass is 10.3. The number of rotatable bonds is 6. The van der Waals surface area contributed by atoms with Crippen LogP contribution in [0.2, 0.25) is 0 Å². The number of nitrogens with zero attached hydrogens (tertiary/aromatic N) is 3. The Labute approximate surface area is 109 Å². The van der Waals surface area contributed by atoms with Gasteiger partial charge in [0, 0.05) is 6.61 Å². The number of hydrogen-bond donors (Lipinski definition) is 1. The standard InChI is InChI=1S/C12H15FN4O2/c1-2-5-18-7-9(14)11-16-12(19-17-11)10-4-3-8(13)6-15-10/h3-4,6,9H,2,5,7,14H2,1H3. The summed E-state index contributed by atoms with van der Waals surface area (Å²) < 4.78 is 23.1. The highest BCUT2D eigenvalue weighted by atomic mass is 19.1. The minimum atomic E-state index is -0.454. The van der Waals surface area contributed by atoms with Gasteiger partial charge in [0.25, 0.3) is 5.89 Å². The van der Waals surface area contributed by atoms with E-state index in [0.29, 0.717) is 24.7 Å². The molecule has 2 aromatic rings. The predicted octanol–water partition coefficient (Wildman–Crippen LogP) is 1.70. The molecule has 7 heteroatoms. The van der Waals surface area contributed by atoms with E-state index in [-0.39, 0.29) is 5.89 Å². The predicted molar refractivity (Wildman–Crippen MR) is 65.5 cm³/mol. The van der Waals surface area contributed by atoms with Crippen LogP contribution < -0.4 is 5.73 Å². The molecule has 0 bridgehead atoms. The summed E-state index contributed by atoms with van der Waals surface area (Å²) in [6.07, 6.45) is 2.01. The summed E-state index contributed by atoms with van der Waals surface area (Å²) >= 11 is 0. The number of nitrogens with two attached hydrogens (primary N) is 1. The smallest absolute Gasteiger partial charge is 0.276 e. The van der Waals surface area contributed by atoms with Crippen LogP contribution in [0.25, 0.3) is 11.6 Å². The molecule has 1 atom stereocenters. The number of aromatic nitrogens is 3. The fraction of sp³-hybridized carbons (Fsp3) is 0.417. The quantitative estimate of drug-likeness (QED) is 0.801. The van der Waals surface area contributed by atoms with Crippen molar-refractivity contribution in [2.24, 2.45) is 5.73 Å². The number of ether oxygens (including phenoxy) is 1. The average Bonchev–Trinajstić information content (AvgIpc) is 2.89. The van der Waals surface area contributed by atoms with E-state index >= 15 is 0 Å². The molecule has 19 heavy (non-hydrogen) atoms. The molecule has 0 saturated carbocycles. The van der Waals surface area contributed by atoms with Gasteiger partial charge in [0.05, 0.1) is 18.8 Å². The average molecular weight is 266 g/mol. The fourth-order valence-corrected chi connectivity index (χ4v) is 1.42. The number of halogens is 1. The van der Waals surface area contributed by atoms with Gasteiger partial charge < -0.3 is 15.0 Å². The molecule has 0 aliphatic rings. The highest BCUT2D eigenvalue weighted by Crippen LogP contribution is 2.16. The second-order valence-corrected chi connectivity index (χ2v) is 4.00. The van der Waals surface area contributed by atoms with Gasteiger partial charge in [-0.2, -0.15) is 4.98 Å². The Bertz CT molecular complexity index is 515. The molecule has 6 nitrogen and oxygen atoms in total. The molecule has 2 heterocycles. The first-order chi connectivity index (χ1) is 9.20. The first-order valence-corrected chi connectivity index (χ1v) is 5.99. The van der Waals surface area contributed by atoms with Crippen LogP contribution in [0.4, 0.5) is 4.39 Å². The Morgan fingerprint density at radius 3 is 3.00 bits per heavy atom. The highest BCUT2D eigenvalue weighted by Gasteiger charge is 2.16. The van der Waals surface area contributed by atoms with E-state index in [1.165, 1.54) is 12.1 Å². The third-order valence-electron chi connectivity index (χ3n) is 2.37. The van der Waals surface area contributed by atoms with Crippen molar-refractivity contribution < 1.29 is 13.7 Å². The van der Waals surface area contributed by atoms with Crippen molar-refractivity contribution >= 4 is 0 Å². The summed E-state index contributed by atoms with van der Waals surface area (Å²) in [6, 6.07) is 2.28. The molecule has 0 radical (unpaired) electrons. The lowest BCUT2D eigenvalue weighted by Crippen LogP contribution is -2.18. The molecule has 102 valence electrons. The van der Waals surface area contributed by atoms with Gasteiger partial charge in [0.1, 0.15) is 11.5 Å². The third kappa shape index (κ3) is 3.55. The first kappa shape index (κ1) is 13.6. The summed E-state index contributed by atoms with van der Waals surface area (Å²) in [5.74, 6) is 0.131. The highest BCUT2D eigenvalue weighted by molar-refractivity contribution is 5.45. The van der Waals surface area contributed by atoms with Crippen molar-refractivity contribution in [3.8, 4) is 11.6 Å². The Hall–Kier alpha value is -1.86. The largest absolute Gasteiger partial charge is 0.379 e. The van der Waals surface area contributed by atoms with Crippen LogP contribution in [-0.2, 0) is 4.74 Å². The van der Waals surface area contributed by atoms with E-state index in [9.17, 15) is 4.39 Å². The molecular weight excluding hydrogens is 251 g/mol. The lowest BCUT2D eigenvalue weighted by molar-refractivity contribution is 0.119. The van der Waals surface area contributed by atoms with Gasteiger partial charge >= 0.3 is 0 Å². The van der Waals surface area contributed by atoms with Gasteiger partial charge in [-0.3, -0.25) is 0 Å². The monoisotopic (exact) mass is 266 g/mol. The Morgan fingerprint density at radius 2 is 2.32 bits per heavy atom. The zero-order chi connectivity index (χ0) is 13.7. The van der Waals surface area contributed by atoms with Gasteiger partial charge in [-0.1, -0.05) is 12.1 Å². The minimum absolute atomic E-state index is 0.209. The molecule has 0 aliphatic carbocycles. The second kappa shape index (κ2) is 6.35. The van der Waals surface area contributed by atoms with Crippen LogP contribution in [0.1, 0.15) is 25.2 Å². The van der Waals surface area contributed by atoms with Gasteiger partial charge in [0.15, 0.2) is 5.82 Å². The van der Waals surface area contributed by atoms with Gasteiger partial charge in [0.2, 0.25) is 0 Å². The van der Waals surface area contributed by atoms with Gasteiger partial charge in [-0.15, -0.1) is 0 Å². The zero-order valence-corrected chi connectivity index (χ0v) is 10.5. The molecule has 0 amide bonds. The topological polar surface area (TPSA) is 87.1 Å². The van der Waals surface area contributed by atoms with Crippen molar-refractivity contribution in [1.82, 2.24) is 15.1 Å². The van der Waals surface area contributed by atoms with E-state index in [2.05, 4.69) is 15.1 Å². The molecule has 0 aromatic carbocycles. The minimum Gasteiger partial charge on any atom is -0.379 e. The van der Waals surface area contributed by atoms with E-state index in [4.69, 9.17) is 15.0 Å². The maximum absolute atomic E-state index is 12.7. The van der Waals surface area contributed by atoms with Crippen molar-refractivity contribution in [2.45, 2.75) is 19.4 Å². The molecule has 2 N–H and O–H groups in total. The summed E-state index contributed by atoms with van der Waals surface area (Å²) in [4.78, 5) is 7.97. The lowest BCUT2D eigenvalue weighted by Gasteiger charge is -2.06. The molecular formula is C12H15FN4O2. The van der Waals surface area contributed by atoms with Crippen molar-refractivity contribution in [3.05, 3.63) is 30.0 Å². The Balaban J connectivity index is 2.04. The van der Waals surface area contributed by atoms with Crippen LogP contribution in [0.15, 0.2) is 22.9 Å². The SMILES string of the molecule is CCCOCC(N)c1noc(-c2ccc(F)cn2)n1. The van der Waals surface area contributed by atoms with Crippen LogP contribution >= 0.6 is 0 Å². The normalized spacial score (nSPS) is 12.6. The van der Waals surface area contributed by atoms with E-state index in [1.807, 2.05) is 6.92 Å². The maximum Gasteiger partial charge on any atom is 0.276 e. The summed E-state index contributed by atoms with van der Waals surface area (Å²) in [5, 5.41) is 3.77. The maximum atomic E-state index is 12.7. The van der Waals surface area contributed by atoms with Crippen LogP contribution in [-0.4, -0.2) is 28.3 Å². The Kier molecular flexibility index (Phi) is 4.53. The Morgan fingerprint density at radius 1 is 1.47 bits per heavy atom. The molecule has 1 unspecified atom stereocenters. The number of hydrogen-bond acceptors (Lipinski definition) is 6. The molecule has 0 spiro atoms. The summed E-state index contributed by atoms with van der Waals surface area (Å²) in [7, 11) is 0. The molecule has 0 saturated heterocycles. The van der Waals surface area contributed by atoms with Crippen molar-refractivity contribution in [3.63, 3.8) is 0 Å². The van der Waals surface area contributed by atoms with Crippen molar-refractivity contribution in [1.29, 1.82) is 0 Å². The number of pyridine rings is 1. The van der Waals surface area contributed by atoms with E-state index in [1.54, 1.807) is 0 Å². The summed E-state index contributed by atoms with van der Waals surface area (Å²) in [6.45, 7) is 2.97. The van der Waals surface area contributed by atoms with Crippen LogP contribution in [0.3, 0.4) is 0 Å². The first-order valence-electron chi connectivity index (χ1n) is 5.99. The van der Waals surface area contributed by atoms with E-state index < -0.39 is 11.9 Å². The zero-order valence-electron chi connectivity index (χ0n) is 10.5. The molecule has 0 aliphatic heterocycles.